The average molecular weight is 438 g/mol. The number of nitrogens with zero attached hydrogens (tertiary/aromatic N) is 1. The molecule has 1 heterocycles. The van der Waals surface area contributed by atoms with Crippen LogP contribution < -0.4 is 10.1 Å². The molecule has 124 valence electrons. The molecule has 1 aromatic carbocycles. The van der Waals surface area contributed by atoms with Crippen LogP contribution in [0, 0.1) is 5.92 Å². The van der Waals surface area contributed by atoms with Crippen molar-refractivity contribution in [1.82, 2.24) is 4.98 Å². The molecule has 2 rings (SSSR count). The zero-order valence-electron chi connectivity index (χ0n) is 12.5. The zero-order chi connectivity index (χ0) is 17.0. The number of ether oxygens (including phenoxy) is 1. The Kier molecular flexibility index (Phi) is 6.71. The molecule has 23 heavy (non-hydrogen) atoms. The molecule has 0 spiro atoms. The van der Waals surface area contributed by atoms with E-state index in [2.05, 4.69) is 26.2 Å². The maximum absolute atomic E-state index is 11.4. The molecule has 0 saturated carbocycles. The Morgan fingerprint density at radius 1 is 1.39 bits per heavy atom. The van der Waals surface area contributed by atoms with Gasteiger partial charge in [0.15, 0.2) is 10.9 Å². The molecule has 0 atom stereocenters. The lowest BCUT2D eigenvalue weighted by Gasteiger charge is -2.12. The standard InChI is InChI=1S/C15H15BrCl2N2O2S/c1-8(2)6-22-14-10(17)3-9(4-11(14)18)12-7-23-15(19-12)20-13(21)5-16/h3-4,7-8H,5-6H2,1-2H3,(H,19,20,21). The molecule has 1 aromatic heterocycles. The van der Waals surface area contributed by atoms with Gasteiger partial charge in [0.1, 0.15) is 0 Å². The van der Waals surface area contributed by atoms with Crippen LogP contribution in [0.25, 0.3) is 11.3 Å². The Labute approximate surface area is 157 Å². The second-order valence-electron chi connectivity index (χ2n) is 5.19. The smallest absolute Gasteiger partial charge is 0.236 e. The van der Waals surface area contributed by atoms with E-state index in [1.54, 1.807) is 12.1 Å². The first-order chi connectivity index (χ1) is 10.9. The van der Waals surface area contributed by atoms with Gasteiger partial charge < -0.3 is 10.1 Å². The summed E-state index contributed by atoms with van der Waals surface area (Å²) in [6.07, 6.45) is 0. The van der Waals surface area contributed by atoms with Crippen LogP contribution in [0.4, 0.5) is 5.13 Å². The van der Waals surface area contributed by atoms with E-state index >= 15 is 0 Å². The maximum atomic E-state index is 11.4. The lowest BCUT2D eigenvalue weighted by Crippen LogP contribution is -2.11. The van der Waals surface area contributed by atoms with E-state index in [1.165, 1.54) is 11.3 Å². The Hall–Kier alpha value is -0.820. The van der Waals surface area contributed by atoms with Crippen LogP contribution in [0.3, 0.4) is 0 Å². The Balaban J connectivity index is 2.22. The summed E-state index contributed by atoms with van der Waals surface area (Å²) < 4.78 is 5.65. The van der Waals surface area contributed by atoms with Crippen LogP contribution in [-0.4, -0.2) is 22.8 Å². The van der Waals surface area contributed by atoms with Crippen molar-refractivity contribution in [1.29, 1.82) is 0 Å². The number of carbonyl (C=O) groups excluding carboxylic acids is 1. The largest absolute Gasteiger partial charge is 0.490 e. The molecule has 2 aromatic rings. The second-order valence-corrected chi connectivity index (χ2v) is 7.43. The van der Waals surface area contributed by atoms with Gasteiger partial charge in [-0.05, 0) is 18.1 Å². The summed E-state index contributed by atoms with van der Waals surface area (Å²) in [5, 5.41) is 6.14. The molecule has 0 radical (unpaired) electrons. The topological polar surface area (TPSA) is 51.2 Å². The van der Waals surface area contributed by atoms with Crippen molar-refractivity contribution in [3.8, 4) is 17.0 Å². The van der Waals surface area contributed by atoms with Gasteiger partial charge in [-0.3, -0.25) is 4.79 Å². The van der Waals surface area contributed by atoms with Crippen LogP contribution in [0.2, 0.25) is 10.0 Å². The van der Waals surface area contributed by atoms with Crippen LogP contribution in [0.15, 0.2) is 17.5 Å². The summed E-state index contributed by atoms with van der Waals surface area (Å²) in [5.74, 6) is 0.703. The molecule has 1 amide bonds. The molecule has 0 unspecified atom stereocenters. The van der Waals surface area contributed by atoms with Gasteiger partial charge in [0, 0.05) is 10.9 Å². The number of thiazole rings is 1. The van der Waals surface area contributed by atoms with E-state index in [4.69, 9.17) is 27.9 Å². The summed E-state index contributed by atoms with van der Waals surface area (Å²) in [6.45, 7) is 4.64. The molecule has 0 aliphatic rings. The number of rotatable bonds is 6. The highest BCUT2D eigenvalue weighted by atomic mass is 79.9. The molecular weight excluding hydrogens is 423 g/mol. The monoisotopic (exact) mass is 436 g/mol. The number of hydrogen-bond acceptors (Lipinski definition) is 4. The van der Waals surface area contributed by atoms with Crippen molar-refractivity contribution >= 4 is 61.5 Å². The van der Waals surface area contributed by atoms with E-state index in [0.717, 1.165) is 5.56 Å². The maximum Gasteiger partial charge on any atom is 0.236 e. The highest BCUT2D eigenvalue weighted by molar-refractivity contribution is 9.09. The van der Waals surface area contributed by atoms with Gasteiger partial charge in [-0.2, -0.15) is 0 Å². The van der Waals surface area contributed by atoms with Crippen molar-refractivity contribution in [3.05, 3.63) is 27.6 Å². The number of anilines is 1. The van der Waals surface area contributed by atoms with Gasteiger partial charge in [-0.15, -0.1) is 11.3 Å². The number of nitrogens with one attached hydrogen (secondary N) is 1. The lowest BCUT2D eigenvalue weighted by atomic mass is 10.1. The van der Waals surface area contributed by atoms with Gasteiger partial charge in [0.2, 0.25) is 5.91 Å². The molecular formula is C15H15BrCl2N2O2S. The minimum Gasteiger partial charge on any atom is -0.490 e. The summed E-state index contributed by atoms with van der Waals surface area (Å²) in [5.41, 5.74) is 1.46. The summed E-state index contributed by atoms with van der Waals surface area (Å²) in [7, 11) is 0. The number of hydrogen-bond donors (Lipinski definition) is 1. The van der Waals surface area contributed by atoms with Gasteiger partial charge in [-0.1, -0.05) is 53.0 Å². The van der Waals surface area contributed by atoms with Gasteiger partial charge >= 0.3 is 0 Å². The normalized spacial score (nSPS) is 10.9. The van der Waals surface area contributed by atoms with Crippen molar-refractivity contribution < 1.29 is 9.53 Å². The minimum atomic E-state index is -0.153. The SMILES string of the molecule is CC(C)COc1c(Cl)cc(-c2csc(NC(=O)CBr)n2)cc1Cl. The Bertz CT molecular complexity index is 684. The predicted octanol–water partition coefficient (Wildman–Crippen LogP) is 5.49. The van der Waals surface area contributed by atoms with E-state index in [9.17, 15) is 4.79 Å². The number of amides is 1. The molecule has 1 N–H and O–H groups in total. The molecule has 0 aliphatic heterocycles. The fourth-order valence-corrected chi connectivity index (χ4v) is 3.18. The fraction of sp³-hybridized carbons (Fsp3) is 0.333. The van der Waals surface area contributed by atoms with Crippen molar-refractivity contribution in [2.24, 2.45) is 5.92 Å². The van der Waals surface area contributed by atoms with Crippen LogP contribution >= 0.6 is 50.5 Å². The van der Waals surface area contributed by atoms with E-state index in [-0.39, 0.29) is 11.2 Å². The molecule has 8 heteroatoms. The van der Waals surface area contributed by atoms with E-state index < -0.39 is 0 Å². The van der Waals surface area contributed by atoms with Crippen molar-refractivity contribution in [3.63, 3.8) is 0 Å². The number of alkyl halides is 1. The molecule has 0 aliphatic carbocycles. The minimum absolute atomic E-state index is 0.153. The van der Waals surface area contributed by atoms with Crippen LogP contribution in [0.1, 0.15) is 13.8 Å². The van der Waals surface area contributed by atoms with Crippen molar-refractivity contribution in [2.45, 2.75) is 13.8 Å². The molecule has 0 saturated heterocycles. The third-order valence-electron chi connectivity index (χ3n) is 2.73. The highest BCUT2D eigenvalue weighted by Gasteiger charge is 2.14. The first kappa shape index (κ1) is 18.5. The zero-order valence-corrected chi connectivity index (χ0v) is 16.4. The van der Waals surface area contributed by atoms with Gasteiger partial charge in [0.25, 0.3) is 0 Å². The predicted molar refractivity (Wildman–Crippen MR) is 100 cm³/mol. The van der Waals surface area contributed by atoms with Crippen LogP contribution in [-0.2, 0) is 4.79 Å². The quantitative estimate of drug-likeness (QED) is 0.608. The highest BCUT2D eigenvalue weighted by Crippen LogP contribution is 2.38. The first-order valence-corrected chi connectivity index (χ1v) is 9.60. The third-order valence-corrected chi connectivity index (χ3v) is 4.56. The number of aromatic nitrogens is 1. The third kappa shape index (κ3) is 5.08. The molecule has 0 bridgehead atoms. The second kappa shape index (κ2) is 8.33. The molecule has 0 fully saturated rings. The van der Waals surface area contributed by atoms with E-state index in [0.29, 0.717) is 39.1 Å². The first-order valence-electron chi connectivity index (χ1n) is 6.84. The number of carbonyl (C=O) groups is 1. The Morgan fingerprint density at radius 3 is 2.61 bits per heavy atom. The average Bonchev–Trinajstić information content (AvgIpc) is 2.94. The van der Waals surface area contributed by atoms with Gasteiger partial charge in [0.05, 0.1) is 27.7 Å². The van der Waals surface area contributed by atoms with E-state index in [1.807, 2.05) is 19.2 Å². The number of benzene rings is 1. The van der Waals surface area contributed by atoms with Crippen LogP contribution in [0.5, 0.6) is 5.75 Å². The number of halogens is 3. The Morgan fingerprint density at radius 2 is 2.04 bits per heavy atom. The summed E-state index contributed by atoms with van der Waals surface area (Å²) in [4.78, 5) is 15.7. The fourth-order valence-electron chi connectivity index (χ4n) is 1.71. The van der Waals surface area contributed by atoms with Gasteiger partial charge in [-0.25, -0.2) is 4.98 Å². The lowest BCUT2D eigenvalue weighted by molar-refractivity contribution is -0.113. The van der Waals surface area contributed by atoms with Crippen molar-refractivity contribution in [2.75, 3.05) is 17.3 Å². The summed E-state index contributed by atoms with van der Waals surface area (Å²) >= 11 is 17.0. The summed E-state index contributed by atoms with van der Waals surface area (Å²) in [6, 6.07) is 3.52. The molecule has 4 nitrogen and oxygen atoms in total.